The standard InChI is InChI=1S/C15H21N3O4/c1-18(2)13(19)10-12(11-6-4-3-5-7-11)17-15(22)16-9-8-14(20)21/h3-7,12H,8-10H2,1-2H3,(H,20,21)(H2,16,17,22). The monoisotopic (exact) mass is 307 g/mol. The minimum Gasteiger partial charge on any atom is -0.481 e. The van der Waals surface area contributed by atoms with E-state index in [1.54, 1.807) is 14.1 Å². The highest BCUT2D eigenvalue weighted by Gasteiger charge is 2.19. The number of carboxylic acid groups (broad SMARTS) is 1. The molecule has 1 atom stereocenters. The van der Waals surface area contributed by atoms with E-state index in [0.29, 0.717) is 0 Å². The zero-order valence-electron chi connectivity index (χ0n) is 12.7. The second-order valence-electron chi connectivity index (χ2n) is 5.00. The first-order valence-corrected chi connectivity index (χ1v) is 6.91. The zero-order valence-corrected chi connectivity index (χ0v) is 12.7. The summed E-state index contributed by atoms with van der Waals surface area (Å²) < 4.78 is 0. The van der Waals surface area contributed by atoms with Crippen molar-refractivity contribution in [1.82, 2.24) is 15.5 Å². The molecule has 0 aliphatic heterocycles. The van der Waals surface area contributed by atoms with E-state index < -0.39 is 18.0 Å². The Morgan fingerprint density at radius 3 is 2.36 bits per heavy atom. The Balaban J connectivity index is 2.68. The molecule has 3 N–H and O–H groups in total. The van der Waals surface area contributed by atoms with E-state index >= 15 is 0 Å². The minimum atomic E-state index is -0.984. The maximum absolute atomic E-state index is 11.9. The summed E-state index contributed by atoms with van der Waals surface area (Å²) >= 11 is 0. The third-order valence-electron chi connectivity index (χ3n) is 3.01. The smallest absolute Gasteiger partial charge is 0.315 e. The van der Waals surface area contributed by atoms with Gasteiger partial charge in [0, 0.05) is 20.6 Å². The molecule has 3 amide bonds. The zero-order chi connectivity index (χ0) is 16.5. The number of carboxylic acids is 1. The van der Waals surface area contributed by atoms with Crippen LogP contribution >= 0.6 is 0 Å². The Morgan fingerprint density at radius 2 is 1.82 bits per heavy atom. The highest BCUT2D eigenvalue weighted by Crippen LogP contribution is 2.17. The third kappa shape index (κ3) is 6.25. The van der Waals surface area contributed by atoms with E-state index in [1.807, 2.05) is 30.3 Å². The summed E-state index contributed by atoms with van der Waals surface area (Å²) in [6.07, 6.45) is -0.0244. The number of nitrogens with zero attached hydrogens (tertiary/aromatic N) is 1. The van der Waals surface area contributed by atoms with Gasteiger partial charge in [-0.2, -0.15) is 0 Å². The van der Waals surface area contributed by atoms with Crippen LogP contribution in [0.15, 0.2) is 30.3 Å². The molecule has 1 rings (SSSR count). The van der Waals surface area contributed by atoms with E-state index in [0.717, 1.165) is 5.56 Å². The summed E-state index contributed by atoms with van der Waals surface area (Å²) in [6.45, 7) is 0.0320. The lowest BCUT2D eigenvalue weighted by Crippen LogP contribution is -2.40. The number of aliphatic carboxylic acids is 1. The molecular formula is C15H21N3O4. The molecule has 0 aromatic heterocycles. The van der Waals surface area contributed by atoms with Gasteiger partial charge in [-0.05, 0) is 5.56 Å². The number of nitrogens with one attached hydrogen (secondary N) is 2. The lowest BCUT2D eigenvalue weighted by Gasteiger charge is -2.21. The number of urea groups is 1. The van der Waals surface area contributed by atoms with Crippen molar-refractivity contribution < 1.29 is 19.5 Å². The summed E-state index contributed by atoms with van der Waals surface area (Å²) in [6, 6.07) is 8.18. The molecule has 1 aromatic carbocycles. The SMILES string of the molecule is CN(C)C(=O)CC(NC(=O)NCCC(=O)O)c1ccccc1. The number of benzene rings is 1. The van der Waals surface area contributed by atoms with E-state index in [4.69, 9.17) is 5.11 Å². The number of amides is 3. The van der Waals surface area contributed by atoms with Gasteiger partial charge < -0.3 is 20.6 Å². The lowest BCUT2D eigenvalue weighted by molar-refractivity contribution is -0.136. The Labute approximate surface area is 129 Å². The van der Waals surface area contributed by atoms with Gasteiger partial charge in [-0.15, -0.1) is 0 Å². The molecule has 0 saturated heterocycles. The number of carbonyl (C=O) groups is 3. The van der Waals surface area contributed by atoms with E-state index in [-0.39, 0.29) is 25.3 Å². The summed E-state index contributed by atoms with van der Waals surface area (Å²) in [4.78, 5) is 35.6. The van der Waals surface area contributed by atoms with Gasteiger partial charge in [-0.25, -0.2) is 4.79 Å². The van der Waals surface area contributed by atoms with Crippen molar-refractivity contribution in [2.24, 2.45) is 0 Å². The summed E-state index contributed by atoms with van der Waals surface area (Å²) in [5, 5.41) is 13.7. The molecule has 22 heavy (non-hydrogen) atoms. The average Bonchev–Trinajstić information content (AvgIpc) is 2.46. The predicted molar refractivity (Wildman–Crippen MR) is 81.3 cm³/mol. The van der Waals surface area contributed by atoms with Gasteiger partial charge in [0.15, 0.2) is 0 Å². The van der Waals surface area contributed by atoms with Crippen LogP contribution in [-0.2, 0) is 9.59 Å². The fourth-order valence-electron chi connectivity index (χ4n) is 1.79. The number of hydrogen-bond donors (Lipinski definition) is 3. The fraction of sp³-hybridized carbons (Fsp3) is 0.400. The first-order chi connectivity index (χ1) is 10.4. The number of carbonyl (C=O) groups excluding carboxylic acids is 2. The highest BCUT2D eigenvalue weighted by atomic mass is 16.4. The van der Waals surface area contributed by atoms with Gasteiger partial charge >= 0.3 is 12.0 Å². The first-order valence-electron chi connectivity index (χ1n) is 6.91. The van der Waals surface area contributed by atoms with Crippen molar-refractivity contribution in [2.75, 3.05) is 20.6 Å². The Kier molecular flexibility index (Phi) is 6.88. The summed E-state index contributed by atoms with van der Waals surface area (Å²) in [5.74, 6) is -1.10. The maximum Gasteiger partial charge on any atom is 0.315 e. The lowest BCUT2D eigenvalue weighted by atomic mass is 10.0. The molecule has 0 aliphatic carbocycles. The van der Waals surface area contributed by atoms with Crippen molar-refractivity contribution in [1.29, 1.82) is 0 Å². The molecule has 0 bridgehead atoms. The van der Waals surface area contributed by atoms with Crippen LogP contribution in [0.2, 0.25) is 0 Å². The molecule has 7 nitrogen and oxygen atoms in total. The number of rotatable bonds is 7. The first kappa shape index (κ1) is 17.5. The molecular weight excluding hydrogens is 286 g/mol. The van der Waals surface area contributed by atoms with Crippen LogP contribution in [0.25, 0.3) is 0 Å². The second-order valence-corrected chi connectivity index (χ2v) is 5.00. The van der Waals surface area contributed by atoms with Gasteiger partial charge in [0.2, 0.25) is 5.91 Å². The van der Waals surface area contributed by atoms with Gasteiger partial charge in [0.1, 0.15) is 0 Å². The van der Waals surface area contributed by atoms with Gasteiger partial charge in [0.05, 0.1) is 18.9 Å². The Morgan fingerprint density at radius 1 is 1.18 bits per heavy atom. The van der Waals surface area contributed by atoms with Crippen LogP contribution in [0.5, 0.6) is 0 Å². The van der Waals surface area contributed by atoms with Gasteiger partial charge in [-0.1, -0.05) is 30.3 Å². The van der Waals surface area contributed by atoms with Crippen LogP contribution in [0.4, 0.5) is 4.79 Å². The molecule has 120 valence electrons. The van der Waals surface area contributed by atoms with Gasteiger partial charge in [-0.3, -0.25) is 9.59 Å². The van der Waals surface area contributed by atoms with E-state index in [9.17, 15) is 14.4 Å². The molecule has 1 unspecified atom stereocenters. The van der Waals surface area contributed by atoms with E-state index in [1.165, 1.54) is 4.90 Å². The normalized spacial score (nSPS) is 11.4. The second kappa shape index (κ2) is 8.66. The van der Waals surface area contributed by atoms with Crippen LogP contribution in [0.1, 0.15) is 24.4 Å². The molecule has 7 heteroatoms. The maximum atomic E-state index is 11.9. The molecule has 0 aliphatic rings. The Hall–Kier alpha value is -2.57. The van der Waals surface area contributed by atoms with Crippen molar-refractivity contribution >= 4 is 17.9 Å². The minimum absolute atomic E-state index is 0.0320. The topological polar surface area (TPSA) is 98.7 Å². The van der Waals surface area contributed by atoms with Crippen LogP contribution in [-0.4, -0.2) is 48.6 Å². The van der Waals surface area contributed by atoms with Crippen LogP contribution in [0, 0.1) is 0 Å². The molecule has 0 saturated carbocycles. The Bertz CT molecular complexity index is 517. The van der Waals surface area contributed by atoms with Crippen LogP contribution in [0.3, 0.4) is 0 Å². The average molecular weight is 307 g/mol. The van der Waals surface area contributed by atoms with Crippen molar-refractivity contribution in [2.45, 2.75) is 18.9 Å². The molecule has 0 radical (unpaired) electrons. The summed E-state index contributed by atoms with van der Waals surface area (Å²) in [7, 11) is 3.30. The molecule has 1 aromatic rings. The predicted octanol–water partition coefficient (Wildman–Crippen LogP) is 0.980. The molecule has 0 heterocycles. The van der Waals surface area contributed by atoms with E-state index in [2.05, 4.69) is 10.6 Å². The summed E-state index contributed by atoms with van der Waals surface area (Å²) in [5.41, 5.74) is 0.811. The van der Waals surface area contributed by atoms with Gasteiger partial charge in [0.25, 0.3) is 0 Å². The molecule has 0 spiro atoms. The highest BCUT2D eigenvalue weighted by molar-refractivity contribution is 5.79. The fourth-order valence-corrected chi connectivity index (χ4v) is 1.79. The van der Waals surface area contributed by atoms with Crippen molar-refractivity contribution in [3.63, 3.8) is 0 Å². The van der Waals surface area contributed by atoms with Crippen molar-refractivity contribution in [3.8, 4) is 0 Å². The van der Waals surface area contributed by atoms with Crippen molar-refractivity contribution in [3.05, 3.63) is 35.9 Å². The largest absolute Gasteiger partial charge is 0.481 e. The van der Waals surface area contributed by atoms with Crippen LogP contribution < -0.4 is 10.6 Å². The third-order valence-corrected chi connectivity index (χ3v) is 3.01. The quantitative estimate of drug-likeness (QED) is 0.699. The number of hydrogen-bond acceptors (Lipinski definition) is 3. The molecule has 0 fully saturated rings.